The Morgan fingerprint density at radius 3 is 2.47 bits per heavy atom. The Kier molecular flexibility index (Phi) is 3.03. The first-order chi connectivity index (χ1) is 8.69. The highest BCUT2D eigenvalue weighted by molar-refractivity contribution is 5.94. The number of alkyl halides is 3. The van der Waals surface area contributed by atoms with Crippen molar-refractivity contribution in [2.45, 2.75) is 19.6 Å². The average Bonchev–Trinajstić information content (AvgIpc) is 2.55. The van der Waals surface area contributed by atoms with Crippen molar-refractivity contribution in [1.29, 1.82) is 0 Å². The van der Waals surface area contributed by atoms with Crippen LogP contribution in [0.3, 0.4) is 0 Å². The number of imidazole rings is 1. The fourth-order valence-corrected chi connectivity index (χ4v) is 1.76. The zero-order chi connectivity index (χ0) is 14.4. The van der Waals surface area contributed by atoms with E-state index in [4.69, 9.17) is 0 Å². The highest BCUT2D eigenvalue weighted by Gasteiger charge is 2.31. The minimum atomic E-state index is -4.64. The predicted molar refractivity (Wildman–Crippen MR) is 55.7 cm³/mol. The van der Waals surface area contributed by atoms with Gasteiger partial charge in [-0.1, -0.05) is 0 Å². The molecule has 102 valence electrons. The van der Waals surface area contributed by atoms with Gasteiger partial charge < -0.3 is 4.57 Å². The predicted octanol–water partition coefficient (Wildman–Crippen LogP) is 3.08. The van der Waals surface area contributed by atoms with Gasteiger partial charge in [0.05, 0.1) is 5.52 Å². The number of carbonyl (C=O) groups is 1. The van der Waals surface area contributed by atoms with E-state index >= 15 is 0 Å². The third-order valence-corrected chi connectivity index (χ3v) is 2.42. The van der Waals surface area contributed by atoms with E-state index in [1.807, 2.05) is 0 Å². The third kappa shape index (κ3) is 2.56. The van der Waals surface area contributed by atoms with Gasteiger partial charge in [0.15, 0.2) is 17.4 Å². The highest BCUT2D eigenvalue weighted by Crippen LogP contribution is 2.26. The Hall–Kier alpha value is -1.99. The van der Waals surface area contributed by atoms with Crippen molar-refractivity contribution in [2.24, 2.45) is 0 Å². The standard InChI is InChI=1S/C11H7F5N2O/c1-5(19)10-17-9-7(13)2-6(12)3-8(9)18(10)4-11(14,15)16/h2-3H,4H2,1H3. The zero-order valence-corrected chi connectivity index (χ0v) is 9.55. The first-order valence-electron chi connectivity index (χ1n) is 5.12. The number of fused-ring (bicyclic) bond motifs is 1. The molecular formula is C11H7F5N2O. The van der Waals surface area contributed by atoms with Gasteiger partial charge in [0.2, 0.25) is 0 Å². The molecule has 19 heavy (non-hydrogen) atoms. The maximum atomic E-state index is 13.4. The molecule has 0 aliphatic heterocycles. The van der Waals surface area contributed by atoms with E-state index in [9.17, 15) is 26.7 Å². The molecule has 2 rings (SSSR count). The van der Waals surface area contributed by atoms with Crippen LogP contribution in [0.5, 0.6) is 0 Å². The smallest absolute Gasteiger partial charge is 0.312 e. The monoisotopic (exact) mass is 278 g/mol. The molecule has 3 nitrogen and oxygen atoms in total. The molecule has 0 saturated carbocycles. The number of nitrogens with zero attached hydrogens (tertiary/aromatic N) is 2. The molecule has 0 saturated heterocycles. The molecule has 1 aromatic heterocycles. The number of rotatable bonds is 2. The number of ketones is 1. The molecule has 0 bridgehead atoms. The second-order valence-electron chi connectivity index (χ2n) is 3.95. The van der Waals surface area contributed by atoms with Crippen molar-refractivity contribution in [3.05, 3.63) is 29.6 Å². The summed E-state index contributed by atoms with van der Waals surface area (Å²) in [5.41, 5.74) is -0.865. The first kappa shape index (κ1) is 13.4. The van der Waals surface area contributed by atoms with Crippen molar-refractivity contribution in [3.8, 4) is 0 Å². The molecule has 0 fully saturated rings. The third-order valence-electron chi connectivity index (χ3n) is 2.42. The van der Waals surface area contributed by atoms with E-state index in [0.717, 1.165) is 6.92 Å². The Morgan fingerprint density at radius 2 is 1.95 bits per heavy atom. The molecule has 0 radical (unpaired) electrons. The molecule has 0 atom stereocenters. The van der Waals surface area contributed by atoms with E-state index in [1.165, 1.54) is 0 Å². The van der Waals surface area contributed by atoms with Crippen LogP contribution in [0, 0.1) is 11.6 Å². The van der Waals surface area contributed by atoms with Gasteiger partial charge in [-0.05, 0) is 6.07 Å². The van der Waals surface area contributed by atoms with E-state index in [0.29, 0.717) is 16.7 Å². The van der Waals surface area contributed by atoms with Gasteiger partial charge >= 0.3 is 6.18 Å². The first-order valence-corrected chi connectivity index (χ1v) is 5.12. The molecule has 0 amide bonds. The second-order valence-corrected chi connectivity index (χ2v) is 3.95. The van der Waals surface area contributed by atoms with Gasteiger partial charge in [0.25, 0.3) is 0 Å². The summed E-state index contributed by atoms with van der Waals surface area (Å²) in [6.07, 6.45) is -4.64. The Balaban J connectivity index is 2.76. The molecule has 0 N–H and O–H groups in total. The summed E-state index contributed by atoms with van der Waals surface area (Å²) in [4.78, 5) is 14.8. The fourth-order valence-electron chi connectivity index (χ4n) is 1.76. The lowest BCUT2D eigenvalue weighted by molar-refractivity contribution is -0.140. The molecular weight excluding hydrogens is 271 g/mol. The minimum Gasteiger partial charge on any atom is -0.312 e. The van der Waals surface area contributed by atoms with E-state index in [1.54, 1.807) is 0 Å². The van der Waals surface area contributed by atoms with Crippen molar-refractivity contribution in [2.75, 3.05) is 0 Å². The number of Topliss-reactive ketones (excluding diaryl/α,β-unsaturated/α-hetero) is 1. The van der Waals surface area contributed by atoms with Gasteiger partial charge in [0.1, 0.15) is 17.9 Å². The summed E-state index contributed by atoms with van der Waals surface area (Å²) in [6.45, 7) is -0.538. The number of hydrogen-bond acceptors (Lipinski definition) is 2. The summed E-state index contributed by atoms with van der Waals surface area (Å²) >= 11 is 0. The maximum Gasteiger partial charge on any atom is 0.406 e. The lowest BCUT2D eigenvalue weighted by atomic mass is 10.3. The maximum absolute atomic E-state index is 13.4. The molecule has 8 heteroatoms. The highest BCUT2D eigenvalue weighted by atomic mass is 19.4. The van der Waals surface area contributed by atoms with Crippen LogP contribution in [-0.2, 0) is 6.54 Å². The number of halogens is 5. The largest absolute Gasteiger partial charge is 0.406 e. The van der Waals surface area contributed by atoms with Crippen LogP contribution in [0.25, 0.3) is 11.0 Å². The summed E-state index contributed by atoms with van der Waals surface area (Å²) in [5.74, 6) is -3.47. The van der Waals surface area contributed by atoms with Gasteiger partial charge in [-0.25, -0.2) is 13.8 Å². The lowest BCUT2D eigenvalue weighted by Gasteiger charge is -2.10. The van der Waals surface area contributed by atoms with Gasteiger partial charge in [-0.3, -0.25) is 4.79 Å². The van der Waals surface area contributed by atoms with Crippen LogP contribution < -0.4 is 0 Å². The van der Waals surface area contributed by atoms with Gasteiger partial charge in [0, 0.05) is 13.0 Å². The lowest BCUT2D eigenvalue weighted by Crippen LogP contribution is -2.20. The summed E-state index contributed by atoms with van der Waals surface area (Å²) in [5, 5.41) is 0. The zero-order valence-electron chi connectivity index (χ0n) is 9.55. The van der Waals surface area contributed by atoms with Crippen molar-refractivity contribution in [1.82, 2.24) is 9.55 Å². The molecule has 0 unspecified atom stereocenters. The van der Waals surface area contributed by atoms with Crippen LogP contribution >= 0.6 is 0 Å². The number of hydrogen-bond donors (Lipinski definition) is 0. The molecule has 0 spiro atoms. The molecule has 1 heterocycles. The SMILES string of the molecule is CC(=O)c1nc2c(F)cc(F)cc2n1CC(F)(F)F. The topological polar surface area (TPSA) is 34.9 Å². The summed E-state index contributed by atoms with van der Waals surface area (Å²) in [7, 11) is 0. The normalized spacial score (nSPS) is 12.1. The van der Waals surface area contributed by atoms with Crippen LogP contribution in [0.2, 0.25) is 0 Å². The Bertz CT molecular complexity index is 659. The second kappa shape index (κ2) is 4.29. The minimum absolute atomic E-state index is 0.403. The average molecular weight is 278 g/mol. The van der Waals surface area contributed by atoms with Crippen molar-refractivity contribution < 1.29 is 26.7 Å². The number of benzene rings is 1. The Morgan fingerprint density at radius 1 is 1.32 bits per heavy atom. The molecule has 0 aliphatic rings. The van der Waals surface area contributed by atoms with E-state index in [2.05, 4.69) is 4.98 Å². The van der Waals surface area contributed by atoms with E-state index < -0.39 is 47.0 Å². The number of aromatic nitrogens is 2. The molecule has 1 aromatic carbocycles. The fraction of sp³-hybridized carbons (Fsp3) is 0.273. The molecule has 0 aliphatic carbocycles. The van der Waals surface area contributed by atoms with Crippen LogP contribution in [0.4, 0.5) is 22.0 Å². The van der Waals surface area contributed by atoms with Gasteiger partial charge in [-0.15, -0.1) is 0 Å². The quantitative estimate of drug-likeness (QED) is 0.625. The van der Waals surface area contributed by atoms with Crippen molar-refractivity contribution >= 4 is 16.8 Å². The van der Waals surface area contributed by atoms with E-state index in [-0.39, 0.29) is 0 Å². The molecule has 2 aromatic rings. The summed E-state index contributed by atoms with van der Waals surface area (Å²) in [6, 6.07) is 1.21. The van der Waals surface area contributed by atoms with Gasteiger partial charge in [-0.2, -0.15) is 13.2 Å². The van der Waals surface area contributed by atoms with Crippen LogP contribution in [-0.4, -0.2) is 21.5 Å². The number of carbonyl (C=O) groups excluding carboxylic acids is 1. The van der Waals surface area contributed by atoms with Crippen molar-refractivity contribution in [3.63, 3.8) is 0 Å². The van der Waals surface area contributed by atoms with Crippen LogP contribution in [0.1, 0.15) is 17.5 Å². The van der Waals surface area contributed by atoms with Crippen LogP contribution in [0.15, 0.2) is 12.1 Å². The summed E-state index contributed by atoms with van der Waals surface area (Å²) < 4.78 is 64.3. The Labute approximate surface area is 103 Å².